The van der Waals surface area contributed by atoms with Gasteiger partial charge in [-0.3, -0.25) is 19.0 Å². The summed E-state index contributed by atoms with van der Waals surface area (Å²) in [6.45, 7) is 11.6. The zero-order valence-corrected chi connectivity index (χ0v) is 26.1. The number of likely N-dealkylation sites (N-methyl/N-ethyl adjacent to an activating group) is 1. The van der Waals surface area contributed by atoms with Crippen molar-refractivity contribution < 1.29 is 23.5 Å². The Labute approximate surface area is 263 Å². The van der Waals surface area contributed by atoms with E-state index in [2.05, 4.69) is 21.5 Å². The van der Waals surface area contributed by atoms with E-state index in [0.29, 0.717) is 17.1 Å². The molecular formula is C33H33F2N7O4. The van der Waals surface area contributed by atoms with E-state index in [0.717, 1.165) is 12.1 Å². The van der Waals surface area contributed by atoms with Crippen LogP contribution in [0.15, 0.2) is 48.0 Å². The molecule has 2 aliphatic heterocycles. The zero-order valence-electron chi connectivity index (χ0n) is 26.1. The van der Waals surface area contributed by atoms with Gasteiger partial charge in [0.05, 0.1) is 34.9 Å². The number of pyridine rings is 2. The Kier molecular flexibility index (Phi) is 7.57. The van der Waals surface area contributed by atoms with Crippen molar-refractivity contribution in [1.82, 2.24) is 24.4 Å². The molecule has 238 valence electrons. The van der Waals surface area contributed by atoms with Gasteiger partial charge in [-0.25, -0.2) is 23.7 Å². The number of carbonyl (C=O) groups is 2. The fraction of sp³-hybridized carbons (Fsp3) is 0.333. The molecule has 5 heterocycles. The van der Waals surface area contributed by atoms with Gasteiger partial charge in [-0.1, -0.05) is 40.3 Å². The lowest BCUT2D eigenvalue weighted by Gasteiger charge is -2.47. The minimum Gasteiger partial charge on any atom is -0.507 e. The van der Waals surface area contributed by atoms with Crippen LogP contribution in [0.5, 0.6) is 5.75 Å². The number of aromatic nitrogens is 4. The monoisotopic (exact) mass is 629 g/mol. The average molecular weight is 630 g/mol. The van der Waals surface area contributed by atoms with Gasteiger partial charge < -0.3 is 19.8 Å². The number of phenols is 1. The Morgan fingerprint density at radius 1 is 1.02 bits per heavy atom. The molecular weight excluding hydrogens is 596 g/mol. The van der Waals surface area contributed by atoms with E-state index in [-0.39, 0.29) is 59.8 Å². The molecule has 1 atom stereocenters. The SMILES string of the molecule is C=CC(=O)N1CCN2c3c(c(=O)n(-c4c(C(C)C)ncnc4C(C)C)c4nc(-c5c(O)cccc5F)c(F)cc34)N(C)C(=O)[C@H]2C1. The third-order valence-corrected chi connectivity index (χ3v) is 8.58. The Morgan fingerprint density at radius 3 is 2.30 bits per heavy atom. The first-order chi connectivity index (χ1) is 21.9. The first-order valence-corrected chi connectivity index (χ1v) is 14.9. The molecule has 3 aromatic heterocycles. The minimum atomic E-state index is -0.950. The lowest BCUT2D eigenvalue weighted by atomic mass is 9.98. The molecule has 1 N–H and O–H groups in total. The molecule has 0 bridgehead atoms. The second-order valence-electron chi connectivity index (χ2n) is 12.1. The van der Waals surface area contributed by atoms with E-state index < -0.39 is 46.1 Å². The van der Waals surface area contributed by atoms with Crippen molar-refractivity contribution in [3.8, 4) is 22.7 Å². The fourth-order valence-corrected chi connectivity index (χ4v) is 6.38. The van der Waals surface area contributed by atoms with Crippen molar-refractivity contribution in [2.45, 2.75) is 45.6 Å². The largest absolute Gasteiger partial charge is 0.507 e. The number of carbonyl (C=O) groups excluding carboxylic acids is 2. The van der Waals surface area contributed by atoms with Gasteiger partial charge in [-0.15, -0.1) is 0 Å². The highest BCUT2D eigenvalue weighted by Gasteiger charge is 2.44. The van der Waals surface area contributed by atoms with Crippen molar-refractivity contribution >= 4 is 34.2 Å². The number of benzene rings is 1. The molecule has 2 aliphatic rings. The number of piperazine rings is 1. The quantitative estimate of drug-likeness (QED) is 0.325. The standard InChI is InChI=1S/C33H33F2N7O4/c1-7-23(44)40-11-12-41-21(14-40)32(45)39(6)30-28(41)18-13-20(35)27(24-19(34)9-8-10-22(24)43)38-31(18)42(33(30)46)29-25(16(2)3)36-15-37-26(29)17(4)5/h7-10,13,15-17,21,43H,1,11-12,14H2,2-6H3/t21-/m1/s1. The van der Waals surface area contributed by atoms with Gasteiger partial charge in [0.25, 0.3) is 11.5 Å². The number of fused-ring (bicyclic) bond motifs is 5. The first-order valence-electron chi connectivity index (χ1n) is 14.9. The summed E-state index contributed by atoms with van der Waals surface area (Å²) >= 11 is 0. The van der Waals surface area contributed by atoms with Crippen LogP contribution in [-0.2, 0) is 9.59 Å². The topological polar surface area (TPSA) is 125 Å². The summed E-state index contributed by atoms with van der Waals surface area (Å²) in [5.41, 5.74) is -0.00795. The molecule has 0 saturated carbocycles. The molecule has 46 heavy (non-hydrogen) atoms. The smallest absolute Gasteiger partial charge is 0.283 e. The molecule has 13 heteroatoms. The van der Waals surface area contributed by atoms with E-state index in [4.69, 9.17) is 0 Å². The van der Waals surface area contributed by atoms with E-state index in [1.54, 1.807) is 4.90 Å². The maximum atomic E-state index is 16.2. The molecule has 1 saturated heterocycles. The Bertz CT molecular complexity index is 1960. The molecule has 0 unspecified atom stereocenters. The predicted molar refractivity (Wildman–Crippen MR) is 169 cm³/mol. The summed E-state index contributed by atoms with van der Waals surface area (Å²) in [6, 6.07) is 3.86. The Balaban J connectivity index is 1.77. The van der Waals surface area contributed by atoms with Gasteiger partial charge >= 0.3 is 0 Å². The van der Waals surface area contributed by atoms with Gasteiger partial charge in [0, 0.05) is 25.5 Å². The van der Waals surface area contributed by atoms with Crippen LogP contribution in [0.25, 0.3) is 28.0 Å². The molecule has 1 fully saturated rings. The highest BCUT2D eigenvalue weighted by atomic mass is 19.1. The van der Waals surface area contributed by atoms with Gasteiger partial charge in [0.15, 0.2) is 11.5 Å². The third kappa shape index (κ3) is 4.60. The normalized spacial score (nSPS) is 16.3. The number of hydrogen-bond acceptors (Lipinski definition) is 8. The van der Waals surface area contributed by atoms with Crippen molar-refractivity contribution in [3.05, 3.63) is 76.6 Å². The lowest BCUT2D eigenvalue weighted by Crippen LogP contribution is -2.63. The van der Waals surface area contributed by atoms with Crippen molar-refractivity contribution in [1.29, 1.82) is 0 Å². The van der Waals surface area contributed by atoms with E-state index >= 15 is 8.78 Å². The second kappa shape index (κ2) is 11.3. The maximum Gasteiger partial charge on any atom is 0.283 e. The molecule has 0 aliphatic carbocycles. The van der Waals surface area contributed by atoms with E-state index in [9.17, 15) is 19.5 Å². The summed E-state index contributed by atoms with van der Waals surface area (Å²) in [5.74, 6) is -3.52. The number of amides is 2. The predicted octanol–water partition coefficient (Wildman–Crippen LogP) is 4.25. The number of rotatable bonds is 5. The van der Waals surface area contributed by atoms with Crippen LogP contribution in [0.2, 0.25) is 0 Å². The number of halogens is 2. The maximum absolute atomic E-state index is 16.2. The number of aromatic hydroxyl groups is 1. The summed E-state index contributed by atoms with van der Waals surface area (Å²) in [6.07, 6.45) is 2.59. The van der Waals surface area contributed by atoms with Gasteiger partial charge in [-0.05, 0) is 36.1 Å². The van der Waals surface area contributed by atoms with Crippen LogP contribution in [0.3, 0.4) is 0 Å². The van der Waals surface area contributed by atoms with E-state index in [1.807, 2.05) is 27.7 Å². The van der Waals surface area contributed by atoms with Crippen LogP contribution >= 0.6 is 0 Å². The Hall–Kier alpha value is -5.20. The molecule has 11 nitrogen and oxygen atoms in total. The van der Waals surface area contributed by atoms with Gasteiger partial charge in [-0.2, -0.15) is 0 Å². The first kappa shape index (κ1) is 30.8. The van der Waals surface area contributed by atoms with Crippen LogP contribution in [0, 0.1) is 11.6 Å². The molecule has 4 aromatic rings. The number of hydrogen-bond donors (Lipinski definition) is 1. The molecule has 6 rings (SSSR count). The van der Waals surface area contributed by atoms with Crippen LogP contribution in [0.4, 0.5) is 20.2 Å². The summed E-state index contributed by atoms with van der Waals surface area (Å²) in [7, 11) is 1.47. The summed E-state index contributed by atoms with van der Waals surface area (Å²) in [4.78, 5) is 59.2. The van der Waals surface area contributed by atoms with Crippen LogP contribution < -0.4 is 15.4 Å². The lowest BCUT2D eigenvalue weighted by molar-refractivity contribution is -0.128. The van der Waals surface area contributed by atoms with Crippen molar-refractivity contribution in [3.63, 3.8) is 0 Å². The van der Waals surface area contributed by atoms with Crippen LogP contribution in [-0.4, -0.2) is 74.1 Å². The molecule has 0 spiro atoms. The fourth-order valence-electron chi connectivity index (χ4n) is 6.38. The van der Waals surface area contributed by atoms with E-state index in [1.165, 1.54) is 46.0 Å². The van der Waals surface area contributed by atoms with Gasteiger partial charge in [0.2, 0.25) is 5.91 Å². The third-order valence-electron chi connectivity index (χ3n) is 8.58. The zero-order chi connectivity index (χ0) is 33.2. The van der Waals surface area contributed by atoms with Crippen LogP contribution in [0.1, 0.15) is 50.9 Å². The average Bonchev–Trinajstić information content (AvgIpc) is 3.02. The summed E-state index contributed by atoms with van der Waals surface area (Å²) < 4.78 is 32.6. The molecule has 0 radical (unpaired) electrons. The molecule has 2 amide bonds. The molecule has 1 aromatic carbocycles. The Morgan fingerprint density at radius 2 is 1.70 bits per heavy atom. The van der Waals surface area contributed by atoms with Crippen molar-refractivity contribution in [2.75, 3.05) is 36.5 Å². The highest BCUT2D eigenvalue weighted by molar-refractivity contribution is 6.12. The van der Waals surface area contributed by atoms with Gasteiger partial charge in [0.1, 0.15) is 35.3 Å². The number of phenolic OH excluding ortho intramolecular Hbond substituents is 1. The highest BCUT2D eigenvalue weighted by Crippen LogP contribution is 2.43. The summed E-state index contributed by atoms with van der Waals surface area (Å²) in [5, 5.41) is 10.8. The van der Waals surface area contributed by atoms with Crippen molar-refractivity contribution in [2.24, 2.45) is 0 Å². The second-order valence-corrected chi connectivity index (χ2v) is 12.1. The number of anilines is 2. The number of nitrogens with zero attached hydrogens (tertiary/aromatic N) is 7. The minimum absolute atomic E-state index is 0.00629.